The molecule has 0 atom stereocenters. The van der Waals surface area contributed by atoms with Gasteiger partial charge in [0, 0.05) is 11.8 Å². The normalized spacial score (nSPS) is 10.2. The maximum atomic E-state index is 5.68. The SMILES string of the molecule is COc1ccc(OCc2nc(C)cc(NN)n2)c(Br)c1. The molecule has 1 heterocycles. The molecule has 7 heteroatoms. The number of aryl methyl sites for hydroxylation is 1. The van der Waals surface area contributed by atoms with Gasteiger partial charge in [-0.05, 0) is 41.1 Å². The Kier molecular flexibility index (Phi) is 4.75. The van der Waals surface area contributed by atoms with Gasteiger partial charge >= 0.3 is 0 Å². The molecule has 0 spiro atoms. The number of anilines is 1. The van der Waals surface area contributed by atoms with Crippen LogP contribution in [0.2, 0.25) is 0 Å². The maximum absolute atomic E-state index is 5.68. The van der Waals surface area contributed by atoms with Crippen LogP contribution in [-0.4, -0.2) is 17.1 Å². The Morgan fingerprint density at radius 1 is 1.30 bits per heavy atom. The van der Waals surface area contributed by atoms with Crippen LogP contribution in [-0.2, 0) is 6.61 Å². The van der Waals surface area contributed by atoms with E-state index in [4.69, 9.17) is 15.3 Å². The van der Waals surface area contributed by atoms with Crippen molar-refractivity contribution in [1.29, 1.82) is 0 Å². The van der Waals surface area contributed by atoms with Gasteiger partial charge in [-0.2, -0.15) is 0 Å². The molecule has 0 fully saturated rings. The lowest BCUT2D eigenvalue weighted by molar-refractivity contribution is 0.293. The van der Waals surface area contributed by atoms with Crippen molar-refractivity contribution in [2.75, 3.05) is 12.5 Å². The smallest absolute Gasteiger partial charge is 0.168 e. The highest BCUT2D eigenvalue weighted by Crippen LogP contribution is 2.29. The number of aromatic nitrogens is 2. The first kappa shape index (κ1) is 14.5. The Labute approximate surface area is 125 Å². The van der Waals surface area contributed by atoms with Crippen molar-refractivity contribution in [2.24, 2.45) is 5.84 Å². The lowest BCUT2D eigenvalue weighted by Gasteiger charge is -2.10. The first-order valence-corrected chi connectivity index (χ1v) is 6.69. The number of ether oxygens (including phenoxy) is 2. The summed E-state index contributed by atoms with van der Waals surface area (Å²) in [5.74, 6) is 7.91. The van der Waals surface area contributed by atoms with Gasteiger partial charge in [0.25, 0.3) is 0 Å². The van der Waals surface area contributed by atoms with Crippen LogP contribution in [0.25, 0.3) is 0 Å². The Bertz CT molecular complexity index is 607. The molecular weight excluding hydrogens is 324 g/mol. The fraction of sp³-hybridized carbons (Fsp3) is 0.231. The summed E-state index contributed by atoms with van der Waals surface area (Å²) >= 11 is 3.43. The van der Waals surface area contributed by atoms with Gasteiger partial charge in [0.2, 0.25) is 0 Å². The minimum atomic E-state index is 0.251. The number of nitrogens with zero attached hydrogens (tertiary/aromatic N) is 2. The first-order chi connectivity index (χ1) is 9.62. The topological polar surface area (TPSA) is 82.3 Å². The van der Waals surface area contributed by atoms with Crippen LogP contribution in [0.4, 0.5) is 5.82 Å². The number of rotatable bonds is 5. The van der Waals surface area contributed by atoms with Crippen molar-refractivity contribution >= 4 is 21.7 Å². The monoisotopic (exact) mass is 338 g/mol. The second-order valence-corrected chi connectivity index (χ2v) is 4.89. The molecule has 0 aliphatic heterocycles. The van der Waals surface area contributed by atoms with Crippen LogP contribution in [0, 0.1) is 6.92 Å². The van der Waals surface area contributed by atoms with Crippen molar-refractivity contribution < 1.29 is 9.47 Å². The first-order valence-electron chi connectivity index (χ1n) is 5.90. The summed E-state index contributed by atoms with van der Waals surface area (Å²) in [6.45, 7) is 2.12. The van der Waals surface area contributed by atoms with Gasteiger partial charge in [0.1, 0.15) is 23.9 Å². The molecule has 1 aromatic heterocycles. The van der Waals surface area contributed by atoms with E-state index in [1.807, 2.05) is 25.1 Å². The molecule has 20 heavy (non-hydrogen) atoms. The average molecular weight is 339 g/mol. The fourth-order valence-corrected chi connectivity index (χ4v) is 2.11. The average Bonchev–Trinajstić information content (AvgIpc) is 2.45. The van der Waals surface area contributed by atoms with Crippen LogP contribution in [0.3, 0.4) is 0 Å². The predicted molar refractivity (Wildman–Crippen MR) is 79.6 cm³/mol. The molecule has 1 aromatic carbocycles. The van der Waals surface area contributed by atoms with E-state index in [0.29, 0.717) is 17.4 Å². The Morgan fingerprint density at radius 2 is 2.10 bits per heavy atom. The fourth-order valence-electron chi connectivity index (χ4n) is 1.64. The van der Waals surface area contributed by atoms with E-state index in [1.54, 1.807) is 13.2 Å². The quantitative estimate of drug-likeness (QED) is 0.643. The van der Waals surface area contributed by atoms with Crippen LogP contribution >= 0.6 is 15.9 Å². The third-order valence-electron chi connectivity index (χ3n) is 2.54. The minimum Gasteiger partial charge on any atom is -0.497 e. The zero-order valence-corrected chi connectivity index (χ0v) is 12.8. The number of halogens is 1. The molecule has 2 aromatic rings. The highest BCUT2D eigenvalue weighted by Gasteiger charge is 2.06. The van der Waals surface area contributed by atoms with Crippen molar-refractivity contribution in [1.82, 2.24) is 9.97 Å². The van der Waals surface area contributed by atoms with Crippen LogP contribution in [0.15, 0.2) is 28.7 Å². The molecule has 0 aliphatic rings. The zero-order valence-electron chi connectivity index (χ0n) is 11.2. The van der Waals surface area contributed by atoms with Gasteiger partial charge in [-0.3, -0.25) is 0 Å². The second kappa shape index (κ2) is 6.53. The highest BCUT2D eigenvalue weighted by atomic mass is 79.9. The second-order valence-electron chi connectivity index (χ2n) is 4.04. The summed E-state index contributed by atoms with van der Waals surface area (Å²) in [5, 5.41) is 0. The summed E-state index contributed by atoms with van der Waals surface area (Å²) in [5.41, 5.74) is 3.32. The molecule has 3 N–H and O–H groups in total. The van der Waals surface area contributed by atoms with E-state index in [0.717, 1.165) is 15.9 Å². The minimum absolute atomic E-state index is 0.251. The molecule has 6 nitrogen and oxygen atoms in total. The molecule has 0 saturated heterocycles. The Balaban J connectivity index is 2.10. The number of hydrogen-bond acceptors (Lipinski definition) is 6. The molecule has 0 unspecified atom stereocenters. The molecule has 0 aliphatic carbocycles. The Hall–Kier alpha value is -1.86. The van der Waals surface area contributed by atoms with Crippen molar-refractivity contribution in [2.45, 2.75) is 13.5 Å². The van der Waals surface area contributed by atoms with Crippen molar-refractivity contribution in [3.8, 4) is 11.5 Å². The number of hydrogen-bond donors (Lipinski definition) is 2. The molecular formula is C13H15BrN4O2. The molecule has 106 valence electrons. The van der Waals surface area contributed by atoms with Gasteiger partial charge in [-0.25, -0.2) is 15.8 Å². The summed E-state index contributed by atoms with van der Waals surface area (Å²) in [6.07, 6.45) is 0. The van der Waals surface area contributed by atoms with Gasteiger partial charge in [0.05, 0.1) is 11.6 Å². The Morgan fingerprint density at radius 3 is 2.75 bits per heavy atom. The molecule has 2 rings (SSSR count). The van der Waals surface area contributed by atoms with E-state index in [-0.39, 0.29) is 6.61 Å². The summed E-state index contributed by atoms with van der Waals surface area (Å²) in [6, 6.07) is 7.23. The number of nitrogens with one attached hydrogen (secondary N) is 1. The van der Waals surface area contributed by atoms with E-state index in [2.05, 4.69) is 31.3 Å². The van der Waals surface area contributed by atoms with Crippen LogP contribution in [0.5, 0.6) is 11.5 Å². The number of hydrazine groups is 1. The highest BCUT2D eigenvalue weighted by molar-refractivity contribution is 9.10. The molecule has 0 amide bonds. The largest absolute Gasteiger partial charge is 0.497 e. The number of nitrogen functional groups attached to an aromatic ring is 1. The van der Waals surface area contributed by atoms with Gasteiger partial charge in [-0.15, -0.1) is 0 Å². The van der Waals surface area contributed by atoms with Crippen molar-refractivity contribution in [3.63, 3.8) is 0 Å². The summed E-state index contributed by atoms with van der Waals surface area (Å²) in [7, 11) is 1.62. The summed E-state index contributed by atoms with van der Waals surface area (Å²) < 4.78 is 11.6. The molecule has 0 saturated carbocycles. The van der Waals surface area contributed by atoms with Gasteiger partial charge in [0.15, 0.2) is 5.82 Å². The summed E-state index contributed by atoms with van der Waals surface area (Å²) in [4.78, 5) is 8.51. The maximum Gasteiger partial charge on any atom is 0.168 e. The number of benzene rings is 1. The van der Waals surface area contributed by atoms with Gasteiger partial charge in [-0.1, -0.05) is 0 Å². The van der Waals surface area contributed by atoms with E-state index in [1.165, 1.54) is 0 Å². The lowest BCUT2D eigenvalue weighted by Crippen LogP contribution is -2.12. The standard InChI is InChI=1S/C13H15BrN4O2/c1-8-5-12(18-15)17-13(16-8)7-20-11-4-3-9(19-2)6-10(11)14/h3-6H,7,15H2,1-2H3,(H,16,17,18). The third kappa shape index (κ3) is 3.58. The number of methoxy groups -OCH3 is 1. The predicted octanol–water partition coefficient (Wildman–Crippen LogP) is 2.42. The van der Waals surface area contributed by atoms with Crippen LogP contribution in [0.1, 0.15) is 11.5 Å². The zero-order chi connectivity index (χ0) is 14.5. The van der Waals surface area contributed by atoms with Gasteiger partial charge < -0.3 is 14.9 Å². The molecule has 0 radical (unpaired) electrons. The van der Waals surface area contributed by atoms with E-state index >= 15 is 0 Å². The lowest BCUT2D eigenvalue weighted by atomic mass is 10.3. The van der Waals surface area contributed by atoms with E-state index < -0.39 is 0 Å². The van der Waals surface area contributed by atoms with E-state index in [9.17, 15) is 0 Å². The third-order valence-corrected chi connectivity index (χ3v) is 3.16. The van der Waals surface area contributed by atoms with Crippen molar-refractivity contribution in [3.05, 3.63) is 40.3 Å². The number of nitrogens with two attached hydrogens (primary N) is 1. The van der Waals surface area contributed by atoms with Crippen LogP contribution < -0.4 is 20.7 Å². The molecule has 0 bridgehead atoms.